The van der Waals surface area contributed by atoms with Gasteiger partial charge in [0.2, 0.25) is 4.75 Å². The molecule has 15 nitrogen and oxygen atoms in total. The Bertz CT molecular complexity index is 2270. The van der Waals surface area contributed by atoms with E-state index in [1.54, 1.807) is 0 Å². The lowest BCUT2D eigenvalue weighted by Crippen LogP contribution is -2.56. The lowest BCUT2D eigenvalue weighted by atomic mass is 9.76. The highest BCUT2D eigenvalue weighted by atomic mass is 32.2. The number of rotatable bonds is 30. The van der Waals surface area contributed by atoms with Crippen LogP contribution in [0.4, 0.5) is 22.7 Å². The molecule has 4 atom stereocenters. The molecule has 0 bridgehead atoms. The number of amidine groups is 2. The Morgan fingerprint density at radius 1 is 0.527 bits per heavy atom. The van der Waals surface area contributed by atoms with Crippen LogP contribution in [-0.4, -0.2) is 51.5 Å². The van der Waals surface area contributed by atoms with Crippen molar-refractivity contribution in [2.75, 3.05) is 20.5 Å². The summed E-state index contributed by atoms with van der Waals surface area (Å²) in [7, 11) is -5.15. The van der Waals surface area contributed by atoms with E-state index in [1.807, 2.05) is 121 Å². The first-order valence-corrected chi connectivity index (χ1v) is 28.7. The van der Waals surface area contributed by atoms with Gasteiger partial charge in [-0.25, -0.2) is 0 Å². The molecule has 4 aromatic rings. The maximum Gasteiger partial charge on any atom is 0.328 e. The summed E-state index contributed by atoms with van der Waals surface area (Å²) in [5.74, 6) is -3.32. The van der Waals surface area contributed by atoms with Gasteiger partial charge in [0, 0.05) is 12.8 Å². The largest absolute Gasteiger partial charge is 0.481 e. The number of nitrogens with one attached hydrogen (secondary N) is 2. The van der Waals surface area contributed by atoms with E-state index in [0.29, 0.717) is 25.7 Å². The van der Waals surface area contributed by atoms with Crippen LogP contribution in [0.5, 0.6) is 0 Å². The molecule has 4 aromatic carbocycles. The number of para-hydroxylation sites is 4. The van der Waals surface area contributed by atoms with Gasteiger partial charge in [-0.3, -0.25) is 25.0 Å². The van der Waals surface area contributed by atoms with Crippen molar-refractivity contribution in [1.29, 1.82) is 0 Å². The first kappa shape index (κ1) is 60.4. The number of carboxylic acids is 2. The normalized spacial score (nSPS) is 15.2. The van der Waals surface area contributed by atoms with Crippen LogP contribution >= 0.6 is 0 Å². The minimum Gasteiger partial charge on any atom is -0.481 e. The molecule has 0 saturated carbocycles. The average Bonchev–Trinajstić information content (AvgIpc) is 4.05. The van der Waals surface area contributed by atoms with Crippen molar-refractivity contribution in [2.45, 2.75) is 175 Å². The van der Waals surface area contributed by atoms with Gasteiger partial charge in [-0.15, -0.1) is 10.2 Å². The number of hydrogen-bond donors (Lipinski definition) is 5. The Morgan fingerprint density at radius 2 is 0.892 bits per heavy atom. The van der Waals surface area contributed by atoms with Crippen LogP contribution in [0.15, 0.2) is 132 Å². The van der Waals surface area contributed by atoms with E-state index < -0.39 is 39.1 Å². The van der Waals surface area contributed by atoms with Crippen LogP contribution in [0.1, 0.15) is 170 Å². The molecule has 6 rings (SSSR count). The molecule has 2 aliphatic rings. The number of unbranched alkanes of at least 4 members (excludes halogenated alkanes) is 8. The SMILES string of the molecule is CCCCC(CC)CC(C(=O)O)C(CC(CC)CCCC)(C(=O)O)S(=O)(=O)O.CCCCCCC1=NN(c2ccccc2)N(c2ccccc2)N1.CCCCCCC1=NN(c2ccccc2)N(c2ccccc2)N1. The van der Waals surface area contributed by atoms with Crippen molar-refractivity contribution in [2.24, 2.45) is 28.0 Å². The molecule has 0 spiro atoms. The van der Waals surface area contributed by atoms with Crippen LogP contribution in [0.25, 0.3) is 0 Å². The molecular formula is C58H86N8O7S. The van der Waals surface area contributed by atoms with Crippen molar-refractivity contribution in [1.82, 2.24) is 10.9 Å². The number of hydrazine groups is 4. The van der Waals surface area contributed by atoms with Gasteiger partial charge in [0.15, 0.2) is 0 Å². The lowest BCUT2D eigenvalue weighted by molar-refractivity contribution is -0.153. The van der Waals surface area contributed by atoms with Crippen molar-refractivity contribution >= 4 is 56.5 Å². The third-order valence-corrected chi connectivity index (χ3v) is 15.3. The van der Waals surface area contributed by atoms with E-state index in [-0.39, 0.29) is 18.3 Å². The van der Waals surface area contributed by atoms with E-state index >= 15 is 0 Å². The predicted molar refractivity (Wildman–Crippen MR) is 303 cm³/mol. The summed E-state index contributed by atoms with van der Waals surface area (Å²) >= 11 is 0. The fourth-order valence-electron chi connectivity index (χ4n) is 9.26. The van der Waals surface area contributed by atoms with Gasteiger partial charge in [0.05, 0.1) is 28.7 Å². The maximum absolute atomic E-state index is 12.4. The fraction of sp³-hybridized carbons (Fsp3) is 0.517. The summed E-state index contributed by atoms with van der Waals surface area (Å²) in [5, 5.41) is 37.2. The summed E-state index contributed by atoms with van der Waals surface area (Å²) in [4.78, 5) is 24.3. The second-order valence-electron chi connectivity index (χ2n) is 19.3. The number of aliphatic carboxylic acids is 2. The van der Waals surface area contributed by atoms with Crippen molar-refractivity contribution in [3.05, 3.63) is 121 Å². The molecule has 406 valence electrons. The highest BCUT2D eigenvalue weighted by molar-refractivity contribution is 7.88. The zero-order valence-corrected chi connectivity index (χ0v) is 45.8. The van der Waals surface area contributed by atoms with E-state index in [4.69, 9.17) is 10.2 Å². The van der Waals surface area contributed by atoms with Crippen LogP contribution in [0.3, 0.4) is 0 Å². The molecule has 74 heavy (non-hydrogen) atoms. The smallest absolute Gasteiger partial charge is 0.328 e. The maximum atomic E-state index is 12.4. The minimum absolute atomic E-state index is 0.0812. The third kappa shape index (κ3) is 18.1. The number of benzene rings is 4. The third-order valence-electron chi connectivity index (χ3n) is 13.7. The second-order valence-corrected chi connectivity index (χ2v) is 21.0. The van der Waals surface area contributed by atoms with Crippen LogP contribution in [0.2, 0.25) is 0 Å². The summed E-state index contributed by atoms with van der Waals surface area (Å²) in [6.07, 6.45) is 17.3. The topological polar surface area (TPSA) is 191 Å². The first-order chi connectivity index (χ1) is 35.8. The summed E-state index contributed by atoms with van der Waals surface area (Å²) in [6, 6.07) is 41.0. The molecule has 0 radical (unpaired) electrons. The molecule has 0 aromatic heterocycles. The number of hydrazone groups is 2. The Hall–Kier alpha value is -6.13. The predicted octanol–water partition coefficient (Wildman–Crippen LogP) is 14.0. The average molecular weight is 1040 g/mol. The minimum atomic E-state index is -5.15. The van der Waals surface area contributed by atoms with Crippen molar-refractivity contribution in [3.63, 3.8) is 0 Å². The molecule has 0 amide bonds. The molecule has 2 aliphatic heterocycles. The van der Waals surface area contributed by atoms with Crippen molar-refractivity contribution in [3.8, 4) is 0 Å². The van der Waals surface area contributed by atoms with E-state index in [9.17, 15) is 32.8 Å². The van der Waals surface area contributed by atoms with Gasteiger partial charge in [0.1, 0.15) is 11.7 Å². The highest BCUT2D eigenvalue weighted by Crippen LogP contribution is 2.41. The molecule has 0 aliphatic carbocycles. The zero-order chi connectivity index (χ0) is 53.8. The van der Waals surface area contributed by atoms with Crippen LogP contribution in [-0.2, 0) is 19.7 Å². The molecular weight excluding hydrogens is 953 g/mol. The molecule has 16 heteroatoms. The van der Waals surface area contributed by atoms with E-state index in [2.05, 4.69) is 73.2 Å². The monoisotopic (exact) mass is 1040 g/mol. The number of carboxylic acid groups (broad SMARTS) is 2. The lowest BCUT2D eigenvalue weighted by Gasteiger charge is -2.36. The van der Waals surface area contributed by atoms with Gasteiger partial charge in [0.25, 0.3) is 10.1 Å². The standard InChI is InChI=1S/C20H38O7S.2C19H24N4/c1-5-9-11-15(7-3)13-17(18(21)22)20(19(23)24,28(25,26)27)14-16(8-4)12-10-6-2;2*1-2-3-4-11-16-19-20-22(17-12-7-5-8-13-17)23(21-19)18-14-9-6-10-15-18/h15-17H,5-14H2,1-4H3,(H,21,22)(H,23,24)(H,25,26,27);2*5-10,12-15H,2-4,11,16H2,1H3,(H,20,21). The summed E-state index contributed by atoms with van der Waals surface area (Å²) in [6.45, 7) is 12.1. The Labute approximate surface area is 442 Å². The fourth-order valence-corrected chi connectivity index (χ4v) is 10.5. The molecule has 4 unspecified atom stereocenters. The van der Waals surface area contributed by atoms with Gasteiger partial charge < -0.3 is 10.2 Å². The number of hydrogen-bond acceptors (Lipinski definition) is 12. The Kier molecular flexibility index (Phi) is 26.3. The Balaban J connectivity index is 0.000000241. The molecule has 0 saturated heterocycles. The Morgan fingerprint density at radius 3 is 1.22 bits per heavy atom. The van der Waals surface area contributed by atoms with Gasteiger partial charge in [-0.05, 0) is 86.1 Å². The quantitative estimate of drug-likeness (QED) is 0.0245. The number of anilines is 4. The second kappa shape index (κ2) is 32.2. The van der Waals surface area contributed by atoms with Crippen LogP contribution in [0, 0.1) is 17.8 Å². The number of carbonyl (C=O) groups is 2. The van der Waals surface area contributed by atoms with Gasteiger partial charge in [-0.1, -0.05) is 204 Å². The summed E-state index contributed by atoms with van der Waals surface area (Å²) < 4.78 is 32.0. The molecule has 5 N–H and O–H groups in total. The van der Waals surface area contributed by atoms with Crippen molar-refractivity contribution < 1.29 is 32.8 Å². The van der Waals surface area contributed by atoms with E-state index in [0.717, 1.165) is 72.9 Å². The highest BCUT2D eigenvalue weighted by Gasteiger charge is 2.60. The van der Waals surface area contributed by atoms with Crippen LogP contribution < -0.4 is 31.3 Å². The van der Waals surface area contributed by atoms with Gasteiger partial charge in [-0.2, -0.15) is 28.9 Å². The van der Waals surface area contributed by atoms with E-state index in [1.165, 1.54) is 51.4 Å². The molecule has 2 heterocycles. The number of nitrogens with zero attached hydrogens (tertiary/aromatic N) is 6. The zero-order valence-electron chi connectivity index (χ0n) is 45.0. The molecule has 0 fully saturated rings. The first-order valence-electron chi connectivity index (χ1n) is 27.3. The van der Waals surface area contributed by atoms with Gasteiger partial charge >= 0.3 is 11.9 Å². The summed E-state index contributed by atoms with van der Waals surface area (Å²) in [5.41, 5.74) is 11.1.